The third kappa shape index (κ3) is 6.30. The molecule has 30 heavy (non-hydrogen) atoms. The Morgan fingerprint density at radius 3 is 2.27 bits per heavy atom. The van der Waals surface area contributed by atoms with Crippen molar-refractivity contribution in [3.05, 3.63) is 11.6 Å². The number of rotatable bonds is 6. The van der Waals surface area contributed by atoms with Crippen molar-refractivity contribution in [2.75, 3.05) is 40.3 Å². The fourth-order valence-electron chi connectivity index (χ4n) is 4.13. The number of nitrogens with one attached hydrogen (secondary N) is 1. The Bertz CT molecular complexity index is 662. The number of hydrogen-bond acceptors (Lipinski definition) is 4. The first-order chi connectivity index (χ1) is 14.0. The number of likely N-dealkylation sites (N-methyl/N-ethyl adjacent to an activating group) is 2. The number of nitrogens with zero attached hydrogens (tertiary/aromatic N) is 3. The number of carbonyl (C=O) groups is 3. The minimum absolute atomic E-state index is 0.0503. The second-order valence-electron chi connectivity index (χ2n) is 9.91. The molecule has 2 heterocycles. The molecule has 7 nitrogen and oxygen atoms in total. The molecule has 7 heteroatoms. The molecular weight excluding hydrogens is 380 g/mol. The zero-order chi connectivity index (χ0) is 22.5. The number of carbonyl (C=O) groups excluding carboxylic acids is 3. The van der Waals surface area contributed by atoms with Crippen LogP contribution in [0.25, 0.3) is 0 Å². The molecule has 0 saturated carbocycles. The molecule has 3 amide bonds. The van der Waals surface area contributed by atoms with E-state index in [2.05, 4.69) is 10.2 Å². The SMILES string of the molecule is C/C(=C\CN(C)C(=O)C(NC(=O)[C@H]1CCCCN1C)C(C)(C)C)C(=O)N1CCCC1. The predicted octanol–water partition coefficient (Wildman–Crippen LogP) is 2.03. The molecule has 0 spiro atoms. The minimum atomic E-state index is -0.617. The molecule has 0 bridgehead atoms. The Labute approximate surface area is 181 Å². The molecule has 0 radical (unpaired) electrons. The quantitative estimate of drug-likeness (QED) is 0.668. The molecule has 0 aromatic heterocycles. The average molecular weight is 421 g/mol. The van der Waals surface area contributed by atoms with Crippen molar-refractivity contribution in [3.8, 4) is 0 Å². The molecule has 0 aromatic rings. The Kier molecular flexibility index (Phi) is 8.47. The van der Waals surface area contributed by atoms with E-state index in [1.165, 1.54) is 0 Å². The molecule has 2 atom stereocenters. The van der Waals surface area contributed by atoms with Gasteiger partial charge in [-0.3, -0.25) is 19.3 Å². The first kappa shape index (κ1) is 24.4. The van der Waals surface area contributed by atoms with Crippen molar-refractivity contribution in [3.63, 3.8) is 0 Å². The van der Waals surface area contributed by atoms with Gasteiger partial charge >= 0.3 is 0 Å². The molecule has 1 N–H and O–H groups in total. The Morgan fingerprint density at radius 1 is 1.10 bits per heavy atom. The highest BCUT2D eigenvalue weighted by Gasteiger charge is 2.37. The number of piperidine rings is 1. The van der Waals surface area contributed by atoms with Gasteiger partial charge in [-0.1, -0.05) is 33.3 Å². The minimum Gasteiger partial charge on any atom is -0.342 e. The van der Waals surface area contributed by atoms with Crippen LogP contribution in [0.15, 0.2) is 11.6 Å². The van der Waals surface area contributed by atoms with Crippen molar-refractivity contribution in [2.24, 2.45) is 5.41 Å². The van der Waals surface area contributed by atoms with E-state index < -0.39 is 11.5 Å². The maximum Gasteiger partial charge on any atom is 0.249 e. The summed E-state index contributed by atoms with van der Waals surface area (Å²) in [5.74, 6) is -0.156. The Hall–Kier alpha value is -1.89. The zero-order valence-electron chi connectivity index (χ0n) is 19.7. The van der Waals surface area contributed by atoms with E-state index in [0.29, 0.717) is 12.1 Å². The van der Waals surface area contributed by atoms with Gasteiger partial charge in [-0.2, -0.15) is 0 Å². The standard InChI is InChI=1S/C23H40N4O3/c1-17(21(29)27-14-9-10-15-27)12-16-26(6)22(30)19(23(2,3)4)24-20(28)18-11-7-8-13-25(18)5/h12,18-19H,7-11,13-16H2,1-6H3,(H,24,28)/b17-12+/t18-,19?/m1/s1. The molecule has 0 aliphatic carbocycles. The van der Waals surface area contributed by atoms with Crippen molar-refractivity contribution in [1.29, 1.82) is 0 Å². The van der Waals surface area contributed by atoms with E-state index in [9.17, 15) is 14.4 Å². The summed E-state index contributed by atoms with van der Waals surface area (Å²) in [7, 11) is 3.69. The van der Waals surface area contributed by atoms with Gasteiger partial charge in [-0.25, -0.2) is 0 Å². The van der Waals surface area contributed by atoms with Gasteiger partial charge in [-0.05, 0) is 51.6 Å². The fourth-order valence-corrected chi connectivity index (χ4v) is 4.13. The highest BCUT2D eigenvalue weighted by molar-refractivity contribution is 5.93. The second-order valence-corrected chi connectivity index (χ2v) is 9.91. The van der Waals surface area contributed by atoms with Crippen molar-refractivity contribution in [1.82, 2.24) is 20.0 Å². The molecule has 2 aliphatic heterocycles. The summed E-state index contributed by atoms with van der Waals surface area (Å²) in [5.41, 5.74) is 0.245. The van der Waals surface area contributed by atoms with Crippen molar-refractivity contribution in [2.45, 2.75) is 71.9 Å². The molecule has 2 saturated heterocycles. The largest absolute Gasteiger partial charge is 0.342 e. The number of hydrogen-bond donors (Lipinski definition) is 1. The molecule has 0 aromatic carbocycles. The monoisotopic (exact) mass is 420 g/mol. The molecule has 1 unspecified atom stereocenters. The van der Waals surface area contributed by atoms with Crippen LogP contribution >= 0.6 is 0 Å². The first-order valence-electron chi connectivity index (χ1n) is 11.2. The molecule has 2 aliphatic rings. The maximum atomic E-state index is 13.2. The summed E-state index contributed by atoms with van der Waals surface area (Å²) in [6.07, 6.45) is 6.89. The molecule has 2 fully saturated rings. The van der Waals surface area contributed by atoms with Gasteiger partial charge in [0.25, 0.3) is 0 Å². The summed E-state index contributed by atoms with van der Waals surface area (Å²) >= 11 is 0. The third-order valence-corrected chi connectivity index (χ3v) is 6.25. The lowest BCUT2D eigenvalue weighted by Gasteiger charge is -2.37. The van der Waals surface area contributed by atoms with Crippen LogP contribution < -0.4 is 5.32 Å². The zero-order valence-corrected chi connectivity index (χ0v) is 19.7. The van der Waals surface area contributed by atoms with Crippen LogP contribution in [-0.2, 0) is 14.4 Å². The van der Waals surface area contributed by atoms with Gasteiger partial charge in [0.1, 0.15) is 6.04 Å². The molecular formula is C23H40N4O3. The van der Waals surface area contributed by atoms with Gasteiger partial charge in [0.05, 0.1) is 6.04 Å². The fraction of sp³-hybridized carbons (Fsp3) is 0.783. The van der Waals surface area contributed by atoms with Crippen LogP contribution in [0, 0.1) is 5.41 Å². The molecule has 170 valence electrons. The Balaban J connectivity index is 2.02. The summed E-state index contributed by atoms with van der Waals surface area (Å²) in [6, 6.07) is -0.796. The third-order valence-electron chi connectivity index (χ3n) is 6.25. The molecule has 2 rings (SSSR count). The van der Waals surface area contributed by atoms with Crippen molar-refractivity contribution >= 4 is 17.7 Å². The highest BCUT2D eigenvalue weighted by atomic mass is 16.2. The van der Waals surface area contributed by atoms with E-state index in [0.717, 1.165) is 51.7 Å². The number of amides is 3. The lowest BCUT2D eigenvalue weighted by molar-refractivity contribution is -0.139. The van der Waals surface area contributed by atoms with Gasteiger partial charge in [0, 0.05) is 32.3 Å². The maximum absolute atomic E-state index is 13.2. The smallest absolute Gasteiger partial charge is 0.249 e. The number of likely N-dealkylation sites (tertiary alicyclic amines) is 2. The lowest BCUT2D eigenvalue weighted by Crippen LogP contribution is -2.58. The van der Waals surface area contributed by atoms with E-state index in [1.807, 2.05) is 38.8 Å². The lowest BCUT2D eigenvalue weighted by atomic mass is 9.85. The van der Waals surface area contributed by atoms with Crippen LogP contribution in [0.5, 0.6) is 0 Å². The van der Waals surface area contributed by atoms with Crippen LogP contribution in [0.1, 0.15) is 59.8 Å². The van der Waals surface area contributed by atoms with Gasteiger partial charge < -0.3 is 15.1 Å². The van der Waals surface area contributed by atoms with Crippen LogP contribution in [-0.4, -0.2) is 84.8 Å². The topological polar surface area (TPSA) is 73.0 Å². The first-order valence-corrected chi connectivity index (χ1v) is 11.2. The Morgan fingerprint density at radius 2 is 1.70 bits per heavy atom. The predicted molar refractivity (Wildman–Crippen MR) is 119 cm³/mol. The van der Waals surface area contributed by atoms with Crippen LogP contribution in [0.3, 0.4) is 0 Å². The van der Waals surface area contributed by atoms with E-state index >= 15 is 0 Å². The summed E-state index contributed by atoms with van der Waals surface area (Å²) in [5, 5.41) is 3.03. The van der Waals surface area contributed by atoms with E-state index in [-0.39, 0.29) is 23.8 Å². The summed E-state index contributed by atoms with van der Waals surface area (Å²) < 4.78 is 0. The van der Waals surface area contributed by atoms with Gasteiger partial charge in [-0.15, -0.1) is 0 Å². The van der Waals surface area contributed by atoms with Crippen molar-refractivity contribution < 1.29 is 14.4 Å². The van der Waals surface area contributed by atoms with Gasteiger partial charge in [0.2, 0.25) is 17.7 Å². The summed E-state index contributed by atoms with van der Waals surface area (Å²) in [6.45, 7) is 10.6. The van der Waals surface area contributed by atoms with Gasteiger partial charge in [0.15, 0.2) is 0 Å². The summed E-state index contributed by atoms with van der Waals surface area (Å²) in [4.78, 5) is 44.1. The normalized spacial score (nSPS) is 22.0. The second kappa shape index (κ2) is 10.4. The highest BCUT2D eigenvalue weighted by Crippen LogP contribution is 2.23. The van der Waals surface area contributed by atoms with Crippen LogP contribution in [0.2, 0.25) is 0 Å². The van der Waals surface area contributed by atoms with E-state index in [4.69, 9.17) is 0 Å². The average Bonchev–Trinajstić information content (AvgIpc) is 3.22. The van der Waals surface area contributed by atoms with E-state index in [1.54, 1.807) is 18.9 Å². The van der Waals surface area contributed by atoms with Crippen LogP contribution in [0.4, 0.5) is 0 Å².